The van der Waals surface area contributed by atoms with Crippen LogP contribution in [0.3, 0.4) is 0 Å². The predicted molar refractivity (Wildman–Crippen MR) is 190 cm³/mol. The van der Waals surface area contributed by atoms with Crippen molar-refractivity contribution >= 4 is 58.5 Å². The minimum absolute atomic E-state index is 0.0696. The standard InChI is InChI=1S/C38H32ClN3O4S/c1-26(36(43)41-34-15-9-8-14-33(34)39)47-32-22-18-30(19-23-32)40-38(45)35(42-37(44)29-12-6-3-7-13-29)24-27-16-20-31(21-17-27)46-25-28-10-4-2-5-11-28/h2-24,26H,25H2,1H3,(H,40,45)(H,41,43)(H,42,44)/b35-24-. The lowest BCUT2D eigenvalue weighted by Gasteiger charge is -2.14. The highest BCUT2D eigenvalue weighted by molar-refractivity contribution is 8.00. The van der Waals surface area contributed by atoms with Crippen LogP contribution in [-0.2, 0) is 16.2 Å². The molecule has 5 aromatic carbocycles. The highest BCUT2D eigenvalue weighted by atomic mass is 35.5. The van der Waals surface area contributed by atoms with Gasteiger partial charge in [-0.3, -0.25) is 14.4 Å². The highest BCUT2D eigenvalue weighted by Crippen LogP contribution is 2.27. The monoisotopic (exact) mass is 661 g/mol. The van der Waals surface area contributed by atoms with Crippen LogP contribution in [0.2, 0.25) is 5.02 Å². The van der Waals surface area contributed by atoms with Crippen molar-refractivity contribution in [1.82, 2.24) is 5.32 Å². The first-order chi connectivity index (χ1) is 22.8. The van der Waals surface area contributed by atoms with Gasteiger partial charge in [-0.1, -0.05) is 84.4 Å². The Labute approximate surface area is 283 Å². The Balaban J connectivity index is 1.25. The summed E-state index contributed by atoms with van der Waals surface area (Å²) in [6.07, 6.45) is 1.61. The van der Waals surface area contributed by atoms with E-state index < -0.39 is 17.1 Å². The summed E-state index contributed by atoms with van der Waals surface area (Å²) in [5.74, 6) is -0.406. The van der Waals surface area contributed by atoms with Gasteiger partial charge in [0.2, 0.25) is 5.91 Å². The lowest BCUT2D eigenvalue weighted by atomic mass is 10.1. The molecule has 0 saturated carbocycles. The SMILES string of the molecule is CC(Sc1ccc(NC(=O)/C(=C/c2ccc(OCc3ccccc3)cc2)NC(=O)c2ccccc2)cc1)C(=O)Nc1ccccc1Cl. The average molecular weight is 662 g/mol. The minimum atomic E-state index is -0.494. The molecule has 0 saturated heterocycles. The molecule has 0 heterocycles. The first kappa shape index (κ1) is 33.1. The topological polar surface area (TPSA) is 96.5 Å². The van der Waals surface area contributed by atoms with Crippen LogP contribution in [0.25, 0.3) is 6.08 Å². The minimum Gasteiger partial charge on any atom is -0.489 e. The van der Waals surface area contributed by atoms with E-state index in [2.05, 4.69) is 16.0 Å². The number of para-hydroxylation sites is 1. The van der Waals surface area contributed by atoms with E-state index >= 15 is 0 Å². The van der Waals surface area contributed by atoms with E-state index in [1.54, 1.807) is 73.7 Å². The molecule has 5 rings (SSSR count). The molecule has 3 N–H and O–H groups in total. The third-order valence-corrected chi connectivity index (χ3v) is 8.34. The number of carbonyl (C=O) groups is 3. The molecule has 7 nitrogen and oxygen atoms in total. The van der Waals surface area contributed by atoms with E-state index in [4.69, 9.17) is 16.3 Å². The Kier molecular flexibility index (Phi) is 11.5. The van der Waals surface area contributed by atoms with Crippen molar-refractivity contribution in [2.75, 3.05) is 10.6 Å². The quantitative estimate of drug-likeness (QED) is 0.0921. The van der Waals surface area contributed by atoms with Crippen molar-refractivity contribution < 1.29 is 19.1 Å². The van der Waals surface area contributed by atoms with Crippen molar-refractivity contribution in [1.29, 1.82) is 0 Å². The van der Waals surface area contributed by atoms with Crippen molar-refractivity contribution in [3.8, 4) is 5.75 Å². The Hall–Kier alpha value is -5.31. The Morgan fingerprint density at radius 3 is 2.09 bits per heavy atom. The van der Waals surface area contributed by atoms with Crippen LogP contribution in [0, 0.1) is 0 Å². The second-order valence-electron chi connectivity index (χ2n) is 10.4. The largest absolute Gasteiger partial charge is 0.489 e. The normalized spacial score (nSPS) is 11.7. The predicted octanol–water partition coefficient (Wildman–Crippen LogP) is 8.45. The fraction of sp³-hybridized carbons (Fsp3) is 0.0789. The van der Waals surface area contributed by atoms with E-state index in [9.17, 15) is 14.4 Å². The maximum Gasteiger partial charge on any atom is 0.272 e. The molecule has 0 aliphatic carbocycles. The van der Waals surface area contributed by atoms with Gasteiger partial charge in [-0.25, -0.2) is 0 Å². The zero-order valence-corrected chi connectivity index (χ0v) is 27.1. The van der Waals surface area contributed by atoms with Gasteiger partial charge < -0.3 is 20.7 Å². The number of nitrogens with one attached hydrogen (secondary N) is 3. The molecular weight excluding hydrogens is 630 g/mol. The van der Waals surface area contributed by atoms with Crippen LogP contribution >= 0.6 is 23.4 Å². The third-order valence-electron chi connectivity index (χ3n) is 6.89. The van der Waals surface area contributed by atoms with Crippen molar-refractivity contribution in [2.24, 2.45) is 0 Å². The summed E-state index contributed by atoms with van der Waals surface area (Å²) >= 11 is 7.54. The molecule has 0 aliphatic rings. The molecular formula is C38H32ClN3O4S. The van der Waals surface area contributed by atoms with Gasteiger partial charge in [-0.2, -0.15) is 0 Å². The van der Waals surface area contributed by atoms with Gasteiger partial charge in [-0.05, 0) is 84.8 Å². The molecule has 5 aromatic rings. The number of benzene rings is 5. The number of carbonyl (C=O) groups excluding carboxylic acids is 3. The van der Waals surface area contributed by atoms with E-state index in [1.165, 1.54) is 11.8 Å². The highest BCUT2D eigenvalue weighted by Gasteiger charge is 2.17. The number of hydrogen-bond donors (Lipinski definition) is 3. The van der Waals surface area contributed by atoms with Crippen molar-refractivity contribution in [3.05, 3.63) is 161 Å². The molecule has 236 valence electrons. The van der Waals surface area contributed by atoms with Gasteiger partial charge >= 0.3 is 0 Å². The Morgan fingerprint density at radius 1 is 0.766 bits per heavy atom. The van der Waals surface area contributed by atoms with Crippen LogP contribution in [-0.4, -0.2) is 23.0 Å². The molecule has 3 amide bonds. The third kappa shape index (κ3) is 9.84. The van der Waals surface area contributed by atoms with Gasteiger partial charge in [0, 0.05) is 16.1 Å². The number of amides is 3. The summed E-state index contributed by atoms with van der Waals surface area (Å²) in [5, 5.41) is 8.54. The van der Waals surface area contributed by atoms with Crippen LogP contribution in [0.4, 0.5) is 11.4 Å². The van der Waals surface area contributed by atoms with Crippen LogP contribution in [0.1, 0.15) is 28.4 Å². The molecule has 0 bridgehead atoms. The molecule has 0 aliphatic heterocycles. The van der Waals surface area contributed by atoms with Gasteiger partial charge in [0.05, 0.1) is 16.0 Å². The number of rotatable bonds is 12. The second kappa shape index (κ2) is 16.3. The molecule has 0 spiro atoms. The van der Waals surface area contributed by atoms with E-state index in [0.29, 0.717) is 39.9 Å². The first-order valence-corrected chi connectivity index (χ1v) is 16.1. The van der Waals surface area contributed by atoms with E-state index in [1.807, 2.05) is 72.8 Å². The molecule has 0 fully saturated rings. The van der Waals surface area contributed by atoms with Gasteiger partial charge in [0.1, 0.15) is 18.1 Å². The summed E-state index contributed by atoms with van der Waals surface area (Å²) in [4.78, 5) is 40.0. The molecule has 0 radical (unpaired) electrons. The van der Waals surface area contributed by atoms with Crippen molar-refractivity contribution in [2.45, 2.75) is 23.7 Å². The van der Waals surface area contributed by atoms with Crippen LogP contribution < -0.4 is 20.7 Å². The lowest BCUT2D eigenvalue weighted by molar-refractivity contribution is -0.115. The molecule has 1 atom stereocenters. The number of halogens is 1. The lowest BCUT2D eigenvalue weighted by Crippen LogP contribution is -2.30. The molecule has 9 heteroatoms. The van der Waals surface area contributed by atoms with Gasteiger partial charge in [0.15, 0.2) is 0 Å². The molecule has 0 aromatic heterocycles. The van der Waals surface area contributed by atoms with E-state index in [-0.39, 0.29) is 11.6 Å². The van der Waals surface area contributed by atoms with E-state index in [0.717, 1.165) is 10.5 Å². The second-order valence-corrected chi connectivity index (χ2v) is 12.3. The maximum atomic E-state index is 13.5. The number of thioether (sulfide) groups is 1. The smallest absolute Gasteiger partial charge is 0.272 e. The van der Waals surface area contributed by atoms with Crippen molar-refractivity contribution in [3.63, 3.8) is 0 Å². The number of hydrogen-bond acceptors (Lipinski definition) is 5. The summed E-state index contributed by atoms with van der Waals surface area (Å²) in [6.45, 7) is 2.24. The first-order valence-electron chi connectivity index (χ1n) is 14.8. The summed E-state index contributed by atoms with van der Waals surface area (Å²) < 4.78 is 5.88. The zero-order chi connectivity index (χ0) is 33.0. The van der Waals surface area contributed by atoms with Gasteiger partial charge in [0.25, 0.3) is 11.8 Å². The summed E-state index contributed by atoms with van der Waals surface area (Å²) in [6, 6.07) is 40.0. The Bertz CT molecular complexity index is 1850. The van der Waals surface area contributed by atoms with Gasteiger partial charge in [-0.15, -0.1) is 11.8 Å². The van der Waals surface area contributed by atoms with Crippen LogP contribution in [0.5, 0.6) is 5.75 Å². The molecule has 1 unspecified atom stereocenters. The maximum absolute atomic E-state index is 13.5. The number of anilines is 2. The fourth-order valence-corrected chi connectivity index (χ4v) is 5.43. The molecule has 47 heavy (non-hydrogen) atoms. The average Bonchev–Trinajstić information content (AvgIpc) is 3.10. The Morgan fingerprint density at radius 2 is 1.40 bits per heavy atom. The van der Waals surface area contributed by atoms with Crippen LogP contribution in [0.15, 0.2) is 144 Å². The zero-order valence-electron chi connectivity index (χ0n) is 25.5. The summed E-state index contributed by atoms with van der Waals surface area (Å²) in [5.41, 5.74) is 3.33. The summed E-state index contributed by atoms with van der Waals surface area (Å²) in [7, 11) is 0. The fourth-order valence-electron chi connectivity index (χ4n) is 4.38. The number of ether oxygens (including phenoxy) is 1.